The highest BCUT2D eigenvalue weighted by Gasteiger charge is 2.14. The fraction of sp³-hybridized carbons (Fsp3) is 0.300. The van der Waals surface area contributed by atoms with Crippen LogP contribution >= 0.6 is 34.5 Å². The van der Waals surface area contributed by atoms with Crippen molar-refractivity contribution in [2.24, 2.45) is 0 Å². The Morgan fingerprint density at radius 1 is 1.41 bits per heavy atom. The number of hydrogen-bond acceptors (Lipinski definition) is 5. The van der Waals surface area contributed by atoms with Crippen molar-refractivity contribution in [3.8, 4) is 0 Å². The molecular weight excluding hydrogens is 279 g/mol. The molecule has 4 nitrogen and oxygen atoms in total. The second kappa shape index (κ2) is 5.62. The maximum absolute atomic E-state index is 6.00. The quantitative estimate of drug-likeness (QED) is 0.870. The number of aromatic nitrogens is 3. The number of hydrogen-bond donors (Lipinski definition) is 1. The molecule has 17 heavy (non-hydrogen) atoms. The van der Waals surface area contributed by atoms with Crippen LogP contribution in [0, 0.1) is 0 Å². The van der Waals surface area contributed by atoms with Crippen molar-refractivity contribution in [2.45, 2.75) is 19.4 Å². The minimum atomic E-state index is 0.0819. The van der Waals surface area contributed by atoms with Crippen LogP contribution in [0.2, 0.25) is 10.3 Å². The van der Waals surface area contributed by atoms with E-state index in [1.807, 2.05) is 5.38 Å². The van der Waals surface area contributed by atoms with Gasteiger partial charge in [0.25, 0.3) is 0 Å². The Kier molecular flexibility index (Phi) is 4.15. The zero-order valence-electron chi connectivity index (χ0n) is 9.02. The van der Waals surface area contributed by atoms with Crippen molar-refractivity contribution in [3.63, 3.8) is 0 Å². The highest BCUT2D eigenvalue weighted by Crippen LogP contribution is 2.27. The first-order valence-corrected chi connectivity index (χ1v) is 6.68. The number of thiazole rings is 1. The Hall–Kier alpha value is -0.910. The third kappa shape index (κ3) is 3.06. The molecule has 2 aromatic rings. The molecular formula is C10H10Cl2N4S. The summed E-state index contributed by atoms with van der Waals surface area (Å²) < 4.78 is 0. The van der Waals surface area contributed by atoms with Gasteiger partial charge in [-0.25, -0.2) is 9.97 Å². The monoisotopic (exact) mass is 288 g/mol. The van der Waals surface area contributed by atoms with E-state index in [1.165, 1.54) is 6.20 Å². The summed E-state index contributed by atoms with van der Waals surface area (Å²) >= 11 is 13.3. The third-order valence-corrected chi connectivity index (χ3v) is 3.53. The molecule has 0 radical (unpaired) electrons. The summed E-state index contributed by atoms with van der Waals surface area (Å²) in [7, 11) is 0. The van der Waals surface area contributed by atoms with E-state index in [0.717, 1.165) is 11.4 Å². The number of nitrogens with zero attached hydrogens (tertiary/aromatic N) is 3. The standard InChI is InChI=1S/C10H10Cl2N4S/c1-2-7(9-13-3-4-17-9)15-8-6(11)5-14-10(12)16-8/h3-5,7H,2H2,1H3,(H,14,15,16). The second-order valence-corrected chi connectivity index (χ2v) is 4.98. The van der Waals surface area contributed by atoms with Gasteiger partial charge in [0.05, 0.1) is 12.2 Å². The van der Waals surface area contributed by atoms with E-state index in [1.54, 1.807) is 17.5 Å². The van der Waals surface area contributed by atoms with E-state index >= 15 is 0 Å². The normalized spacial score (nSPS) is 12.4. The Morgan fingerprint density at radius 3 is 2.88 bits per heavy atom. The van der Waals surface area contributed by atoms with E-state index in [0.29, 0.717) is 10.8 Å². The molecule has 0 aliphatic heterocycles. The maximum Gasteiger partial charge on any atom is 0.224 e. The molecule has 0 bridgehead atoms. The zero-order chi connectivity index (χ0) is 12.3. The van der Waals surface area contributed by atoms with Crippen LogP contribution in [0.3, 0.4) is 0 Å². The molecule has 2 aromatic heterocycles. The summed E-state index contributed by atoms with van der Waals surface area (Å²) in [5.74, 6) is 0.536. The molecule has 0 aliphatic rings. The van der Waals surface area contributed by atoms with Gasteiger partial charge in [-0.3, -0.25) is 0 Å². The summed E-state index contributed by atoms with van der Waals surface area (Å²) in [4.78, 5) is 12.1. The van der Waals surface area contributed by atoms with Crippen molar-refractivity contribution in [2.75, 3.05) is 5.32 Å². The lowest BCUT2D eigenvalue weighted by atomic mass is 10.2. The molecule has 0 aromatic carbocycles. The molecule has 90 valence electrons. The van der Waals surface area contributed by atoms with Gasteiger partial charge in [-0.05, 0) is 18.0 Å². The summed E-state index contributed by atoms with van der Waals surface area (Å²) in [6.45, 7) is 2.07. The average molecular weight is 289 g/mol. The molecule has 0 amide bonds. The molecule has 1 unspecified atom stereocenters. The molecule has 0 fully saturated rings. The van der Waals surface area contributed by atoms with Crippen LogP contribution in [-0.2, 0) is 0 Å². The van der Waals surface area contributed by atoms with Gasteiger partial charge >= 0.3 is 0 Å². The Balaban J connectivity index is 2.21. The lowest BCUT2D eigenvalue weighted by Crippen LogP contribution is -2.11. The molecule has 0 saturated heterocycles. The van der Waals surface area contributed by atoms with Gasteiger partial charge in [0.15, 0.2) is 0 Å². The van der Waals surface area contributed by atoms with Crippen molar-refractivity contribution in [3.05, 3.63) is 33.1 Å². The van der Waals surface area contributed by atoms with Crippen molar-refractivity contribution in [1.29, 1.82) is 0 Å². The van der Waals surface area contributed by atoms with E-state index in [4.69, 9.17) is 23.2 Å². The molecule has 0 spiro atoms. The van der Waals surface area contributed by atoms with E-state index in [-0.39, 0.29) is 11.3 Å². The summed E-state index contributed by atoms with van der Waals surface area (Å²) in [6.07, 6.45) is 4.14. The highest BCUT2D eigenvalue weighted by molar-refractivity contribution is 7.09. The first-order valence-electron chi connectivity index (χ1n) is 5.04. The van der Waals surface area contributed by atoms with Crippen molar-refractivity contribution < 1.29 is 0 Å². The maximum atomic E-state index is 6.00. The van der Waals surface area contributed by atoms with E-state index in [9.17, 15) is 0 Å². The minimum absolute atomic E-state index is 0.0819. The average Bonchev–Trinajstić information content (AvgIpc) is 2.84. The third-order valence-electron chi connectivity index (χ3n) is 2.18. The van der Waals surface area contributed by atoms with E-state index < -0.39 is 0 Å². The Labute approximate surface area is 113 Å². The van der Waals surface area contributed by atoms with Gasteiger partial charge in [-0.2, -0.15) is 4.98 Å². The molecule has 1 N–H and O–H groups in total. The fourth-order valence-corrected chi connectivity index (χ4v) is 2.41. The van der Waals surface area contributed by atoms with Crippen LogP contribution in [0.25, 0.3) is 0 Å². The highest BCUT2D eigenvalue weighted by atomic mass is 35.5. The van der Waals surface area contributed by atoms with Crippen LogP contribution in [0.5, 0.6) is 0 Å². The molecule has 2 heterocycles. The SMILES string of the molecule is CCC(Nc1nc(Cl)ncc1Cl)c1nccs1. The summed E-state index contributed by atoms with van der Waals surface area (Å²) in [5.41, 5.74) is 0. The molecule has 7 heteroatoms. The molecule has 0 aliphatic carbocycles. The van der Waals surface area contributed by atoms with Gasteiger partial charge in [0.1, 0.15) is 15.8 Å². The predicted molar refractivity (Wildman–Crippen MR) is 70.8 cm³/mol. The topological polar surface area (TPSA) is 50.7 Å². The number of rotatable bonds is 4. The van der Waals surface area contributed by atoms with Crippen molar-refractivity contribution in [1.82, 2.24) is 15.0 Å². The van der Waals surface area contributed by atoms with Crippen LogP contribution in [0.1, 0.15) is 24.4 Å². The van der Waals surface area contributed by atoms with Crippen LogP contribution < -0.4 is 5.32 Å². The minimum Gasteiger partial charge on any atom is -0.359 e. The molecule has 2 rings (SSSR count). The van der Waals surface area contributed by atoms with Gasteiger partial charge < -0.3 is 5.32 Å². The summed E-state index contributed by atoms with van der Waals surface area (Å²) in [6, 6.07) is 0.0819. The first kappa shape index (κ1) is 12.5. The van der Waals surface area contributed by atoms with Crippen molar-refractivity contribution >= 4 is 40.4 Å². The first-order chi connectivity index (χ1) is 8.20. The van der Waals surface area contributed by atoms with Crippen LogP contribution in [0.4, 0.5) is 5.82 Å². The van der Waals surface area contributed by atoms with Crippen LogP contribution in [-0.4, -0.2) is 15.0 Å². The number of halogens is 2. The van der Waals surface area contributed by atoms with Gasteiger partial charge in [0, 0.05) is 11.6 Å². The van der Waals surface area contributed by atoms with Gasteiger partial charge in [-0.1, -0.05) is 18.5 Å². The lowest BCUT2D eigenvalue weighted by Gasteiger charge is -2.15. The predicted octanol–water partition coefficient (Wildman–Crippen LogP) is 3.80. The Morgan fingerprint density at radius 2 is 2.24 bits per heavy atom. The fourth-order valence-electron chi connectivity index (χ4n) is 1.36. The van der Waals surface area contributed by atoms with Crippen LogP contribution in [0.15, 0.2) is 17.8 Å². The summed E-state index contributed by atoms with van der Waals surface area (Å²) in [5, 5.41) is 6.78. The zero-order valence-corrected chi connectivity index (χ0v) is 11.4. The Bertz CT molecular complexity index is 489. The lowest BCUT2D eigenvalue weighted by molar-refractivity contribution is 0.737. The second-order valence-electron chi connectivity index (χ2n) is 3.31. The van der Waals surface area contributed by atoms with Gasteiger partial charge in [0.2, 0.25) is 5.28 Å². The molecule has 1 atom stereocenters. The number of nitrogens with one attached hydrogen (secondary N) is 1. The number of anilines is 1. The molecule has 0 saturated carbocycles. The van der Waals surface area contributed by atoms with E-state index in [2.05, 4.69) is 27.2 Å². The largest absolute Gasteiger partial charge is 0.359 e. The smallest absolute Gasteiger partial charge is 0.224 e. The van der Waals surface area contributed by atoms with Gasteiger partial charge in [-0.15, -0.1) is 11.3 Å².